The van der Waals surface area contributed by atoms with E-state index in [2.05, 4.69) is 22.1 Å². The van der Waals surface area contributed by atoms with Crippen molar-refractivity contribution in [2.75, 3.05) is 31.2 Å². The van der Waals surface area contributed by atoms with Gasteiger partial charge >= 0.3 is 0 Å². The molecule has 110 valence electrons. The lowest BCUT2D eigenvalue weighted by molar-refractivity contribution is 0.122. The highest BCUT2D eigenvalue weighted by atomic mass is 16.5. The third-order valence-corrected chi connectivity index (χ3v) is 3.47. The molecule has 2 aromatic heterocycles. The first-order valence-electron chi connectivity index (χ1n) is 7.21. The Morgan fingerprint density at radius 2 is 1.95 bits per heavy atom. The van der Waals surface area contributed by atoms with Crippen molar-refractivity contribution >= 4 is 11.3 Å². The van der Waals surface area contributed by atoms with Crippen LogP contribution in [0.15, 0.2) is 18.3 Å². The number of aromatic nitrogens is 2. The molecule has 1 aliphatic rings. The van der Waals surface area contributed by atoms with Crippen LogP contribution in [-0.4, -0.2) is 40.8 Å². The minimum absolute atomic E-state index is 0.0135. The largest absolute Gasteiger partial charge is 0.390 e. The highest BCUT2D eigenvalue weighted by Gasteiger charge is 2.13. The van der Waals surface area contributed by atoms with Crippen molar-refractivity contribution in [1.82, 2.24) is 9.38 Å². The Bertz CT molecular complexity index is 559. The van der Waals surface area contributed by atoms with Crippen molar-refractivity contribution in [3.8, 4) is 0 Å². The van der Waals surface area contributed by atoms with Gasteiger partial charge in [-0.05, 0) is 19.1 Å². The van der Waals surface area contributed by atoms with Crippen LogP contribution in [0.4, 0.5) is 5.69 Å². The van der Waals surface area contributed by atoms with Gasteiger partial charge < -0.3 is 19.1 Å². The van der Waals surface area contributed by atoms with Crippen LogP contribution in [0, 0.1) is 6.92 Å². The molecule has 20 heavy (non-hydrogen) atoms. The summed E-state index contributed by atoms with van der Waals surface area (Å²) in [6.07, 6.45) is 2.09. The average molecular weight is 277 g/mol. The quantitative estimate of drug-likeness (QED) is 0.912. The summed E-state index contributed by atoms with van der Waals surface area (Å²) in [6.45, 7) is 9.37. The molecule has 3 heterocycles. The van der Waals surface area contributed by atoms with Crippen molar-refractivity contribution < 1.29 is 9.84 Å². The highest BCUT2D eigenvalue weighted by molar-refractivity contribution is 5.54. The summed E-state index contributed by atoms with van der Waals surface area (Å²) in [5.41, 5.74) is 3.81. The molecule has 0 saturated carbocycles. The summed E-state index contributed by atoms with van der Waals surface area (Å²) in [6, 6.07) is 4.07. The van der Waals surface area contributed by atoms with E-state index in [1.165, 1.54) is 5.69 Å². The Morgan fingerprint density at radius 1 is 1.25 bits per heavy atom. The van der Waals surface area contributed by atoms with Gasteiger partial charge in [0, 0.05) is 25.0 Å². The van der Waals surface area contributed by atoms with Crippen LogP contribution in [-0.2, 0) is 11.3 Å². The van der Waals surface area contributed by atoms with E-state index in [-0.39, 0.29) is 6.61 Å². The second kappa shape index (κ2) is 6.72. The number of hydrogen-bond donors (Lipinski definition) is 1. The molecule has 5 heteroatoms. The summed E-state index contributed by atoms with van der Waals surface area (Å²) in [5, 5.41) is 9.23. The molecule has 1 aliphatic heterocycles. The Kier molecular flexibility index (Phi) is 4.98. The molecule has 0 amide bonds. The predicted molar refractivity (Wildman–Crippen MR) is 80.2 cm³/mol. The maximum Gasteiger partial charge on any atom is 0.137 e. The topological polar surface area (TPSA) is 50.0 Å². The zero-order chi connectivity index (χ0) is 14.5. The monoisotopic (exact) mass is 277 g/mol. The van der Waals surface area contributed by atoms with E-state index in [0.717, 1.165) is 43.3 Å². The number of ether oxygens (including phenoxy) is 1. The Labute approximate surface area is 119 Å². The number of morpholine rings is 1. The number of rotatable bonds is 2. The van der Waals surface area contributed by atoms with Gasteiger partial charge in [0.05, 0.1) is 31.2 Å². The molecular weight excluding hydrogens is 254 g/mol. The SMILES string of the molecule is CC.Cc1c(CO)nc2ccc(N3CCOCC3)cn12. The van der Waals surface area contributed by atoms with Gasteiger partial charge in [-0.2, -0.15) is 0 Å². The van der Waals surface area contributed by atoms with Crippen LogP contribution in [0.25, 0.3) is 5.65 Å². The lowest BCUT2D eigenvalue weighted by atomic mass is 10.3. The summed E-state index contributed by atoms with van der Waals surface area (Å²) >= 11 is 0. The van der Waals surface area contributed by atoms with E-state index in [1.807, 2.05) is 31.2 Å². The number of hydrogen-bond acceptors (Lipinski definition) is 4. The lowest BCUT2D eigenvalue weighted by Gasteiger charge is -2.28. The minimum atomic E-state index is -0.0135. The standard InChI is InChI=1S/C13H17N3O2.C2H6/c1-10-12(9-17)14-13-3-2-11(8-16(10)13)15-4-6-18-7-5-15;1-2/h2-3,8,17H,4-7,9H2,1H3;1-2H3. The second-order valence-electron chi connectivity index (χ2n) is 4.52. The fourth-order valence-corrected chi connectivity index (χ4v) is 2.36. The summed E-state index contributed by atoms with van der Waals surface area (Å²) in [5.74, 6) is 0. The Balaban J connectivity index is 0.000000704. The molecular formula is C15H23N3O2. The van der Waals surface area contributed by atoms with Crippen LogP contribution in [0.3, 0.4) is 0 Å². The van der Waals surface area contributed by atoms with Crippen molar-refractivity contribution in [1.29, 1.82) is 0 Å². The van der Waals surface area contributed by atoms with E-state index in [9.17, 15) is 5.11 Å². The van der Waals surface area contributed by atoms with Crippen LogP contribution in [0.5, 0.6) is 0 Å². The minimum Gasteiger partial charge on any atom is -0.390 e. The van der Waals surface area contributed by atoms with Crippen LogP contribution >= 0.6 is 0 Å². The van der Waals surface area contributed by atoms with E-state index >= 15 is 0 Å². The molecule has 0 radical (unpaired) electrons. The molecule has 0 aromatic carbocycles. The van der Waals surface area contributed by atoms with Gasteiger partial charge in [-0.1, -0.05) is 13.8 Å². The van der Waals surface area contributed by atoms with Gasteiger partial charge in [0.2, 0.25) is 0 Å². The predicted octanol–water partition coefficient (Wildman–Crippen LogP) is 2.00. The summed E-state index contributed by atoms with van der Waals surface area (Å²) in [7, 11) is 0. The zero-order valence-electron chi connectivity index (χ0n) is 12.5. The number of aryl methyl sites for hydroxylation is 1. The Hall–Kier alpha value is -1.59. The van der Waals surface area contributed by atoms with Crippen LogP contribution < -0.4 is 4.90 Å². The number of fused-ring (bicyclic) bond motifs is 1. The van der Waals surface area contributed by atoms with Crippen molar-refractivity contribution in [2.24, 2.45) is 0 Å². The normalized spacial score (nSPS) is 15.1. The fraction of sp³-hybridized carbons (Fsp3) is 0.533. The molecule has 1 N–H and O–H groups in total. The molecule has 0 unspecified atom stereocenters. The molecule has 3 rings (SSSR count). The molecule has 1 fully saturated rings. The molecule has 0 aliphatic carbocycles. The maximum atomic E-state index is 9.23. The first-order chi connectivity index (χ1) is 9.79. The van der Waals surface area contributed by atoms with Crippen LogP contribution in [0.1, 0.15) is 25.2 Å². The van der Waals surface area contributed by atoms with Gasteiger partial charge in [0.25, 0.3) is 0 Å². The molecule has 0 spiro atoms. The van der Waals surface area contributed by atoms with E-state index < -0.39 is 0 Å². The summed E-state index contributed by atoms with van der Waals surface area (Å²) in [4.78, 5) is 6.69. The third-order valence-electron chi connectivity index (χ3n) is 3.47. The van der Waals surface area contributed by atoms with Gasteiger partial charge in [0.15, 0.2) is 0 Å². The van der Waals surface area contributed by atoms with Crippen molar-refractivity contribution in [3.05, 3.63) is 29.7 Å². The van der Waals surface area contributed by atoms with Gasteiger partial charge in [0.1, 0.15) is 5.65 Å². The number of aliphatic hydroxyl groups is 1. The molecule has 1 saturated heterocycles. The molecule has 0 atom stereocenters. The smallest absolute Gasteiger partial charge is 0.137 e. The number of pyridine rings is 1. The third kappa shape index (κ3) is 2.78. The average Bonchev–Trinajstić information content (AvgIpc) is 2.86. The maximum absolute atomic E-state index is 9.23. The van der Waals surface area contributed by atoms with Crippen LogP contribution in [0.2, 0.25) is 0 Å². The van der Waals surface area contributed by atoms with Crippen molar-refractivity contribution in [3.63, 3.8) is 0 Å². The highest BCUT2D eigenvalue weighted by Crippen LogP contribution is 2.19. The fourth-order valence-electron chi connectivity index (χ4n) is 2.36. The molecule has 2 aromatic rings. The molecule has 5 nitrogen and oxygen atoms in total. The number of nitrogens with zero attached hydrogens (tertiary/aromatic N) is 3. The van der Waals surface area contributed by atoms with Gasteiger partial charge in [-0.15, -0.1) is 0 Å². The first kappa shape index (κ1) is 14.8. The van der Waals surface area contributed by atoms with Gasteiger partial charge in [-0.25, -0.2) is 4.98 Å². The van der Waals surface area contributed by atoms with Crippen molar-refractivity contribution in [2.45, 2.75) is 27.4 Å². The van der Waals surface area contributed by atoms with E-state index in [0.29, 0.717) is 0 Å². The van der Waals surface area contributed by atoms with E-state index in [1.54, 1.807) is 0 Å². The first-order valence-corrected chi connectivity index (χ1v) is 7.21. The number of imidazole rings is 1. The van der Waals surface area contributed by atoms with E-state index in [4.69, 9.17) is 4.74 Å². The Morgan fingerprint density at radius 3 is 2.60 bits per heavy atom. The number of aliphatic hydroxyl groups excluding tert-OH is 1. The molecule has 0 bridgehead atoms. The zero-order valence-corrected chi connectivity index (χ0v) is 12.5. The second-order valence-corrected chi connectivity index (χ2v) is 4.52. The lowest BCUT2D eigenvalue weighted by Crippen LogP contribution is -2.36. The van der Waals surface area contributed by atoms with Gasteiger partial charge in [-0.3, -0.25) is 0 Å². The summed E-state index contributed by atoms with van der Waals surface area (Å²) < 4.78 is 7.40. The number of anilines is 1.